The summed E-state index contributed by atoms with van der Waals surface area (Å²) in [7, 11) is 2.75. The van der Waals surface area contributed by atoms with E-state index in [-0.39, 0.29) is 17.4 Å². The highest BCUT2D eigenvalue weighted by atomic mass is 19.1. The number of halogens is 1. The van der Waals surface area contributed by atoms with Crippen LogP contribution in [-0.4, -0.2) is 19.4 Å². The summed E-state index contributed by atoms with van der Waals surface area (Å²) in [5.41, 5.74) is 6.27. The van der Waals surface area contributed by atoms with Crippen molar-refractivity contribution in [3.05, 3.63) is 24.0 Å². The van der Waals surface area contributed by atoms with Crippen LogP contribution in [0.2, 0.25) is 0 Å². The van der Waals surface area contributed by atoms with Gasteiger partial charge >= 0.3 is 0 Å². The van der Waals surface area contributed by atoms with Crippen molar-refractivity contribution < 1.29 is 18.4 Å². The monoisotopic (exact) mass is 238 g/mol. The average molecular weight is 238 g/mol. The fourth-order valence-corrected chi connectivity index (χ4v) is 1.51. The van der Waals surface area contributed by atoms with Crippen LogP contribution in [0.4, 0.5) is 10.3 Å². The number of nitrogens with two attached hydrogens (primary N) is 1. The molecule has 0 saturated heterocycles. The summed E-state index contributed by atoms with van der Waals surface area (Å²) in [5, 5.41) is 3.70. The Morgan fingerprint density at radius 3 is 2.59 bits per heavy atom. The number of ether oxygens (including phenoxy) is 2. The maximum absolute atomic E-state index is 13.9. The molecule has 2 aromatic rings. The second-order valence-corrected chi connectivity index (χ2v) is 3.28. The second kappa shape index (κ2) is 4.32. The highest BCUT2D eigenvalue weighted by Crippen LogP contribution is 2.36. The zero-order chi connectivity index (χ0) is 12.4. The van der Waals surface area contributed by atoms with Crippen molar-refractivity contribution in [2.75, 3.05) is 20.0 Å². The van der Waals surface area contributed by atoms with Crippen LogP contribution >= 0.6 is 0 Å². The summed E-state index contributed by atoms with van der Waals surface area (Å²) < 4.78 is 28.5. The normalized spacial score (nSPS) is 10.3. The maximum atomic E-state index is 13.9. The van der Waals surface area contributed by atoms with Crippen molar-refractivity contribution in [3.63, 3.8) is 0 Å². The number of anilines is 1. The molecule has 1 aromatic carbocycles. The molecule has 0 aliphatic carbocycles. The Balaban J connectivity index is 2.58. The largest absolute Gasteiger partial charge is 0.494 e. The van der Waals surface area contributed by atoms with E-state index >= 15 is 0 Å². The van der Waals surface area contributed by atoms with E-state index in [2.05, 4.69) is 5.16 Å². The molecule has 0 radical (unpaired) electrons. The molecule has 0 saturated carbocycles. The predicted molar refractivity (Wildman–Crippen MR) is 59.4 cm³/mol. The molecule has 5 nitrogen and oxygen atoms in total. The Kier molecular flexibility index (Phi) is 2.86. The minimum absolute atomic E-state index is 0.0395. The molecular formula is C11H11FN2O3. The van der Waals surface area contributed by atoms with Crippen LogP contribution in [0.1, 0.15) is 0 Å². The number of hydrogen-bond donors (Lipinski definition) is 1. The lowest BCUT2D eigenvalue weighted by Crippen LogP contribution is -1.96. The van der Waals surface area contributed by atoms with Gasteiger partial charge in [0.05, 0.1) is 14.2 Å². The van der Waals surface area contributed by atoms with Gasteiger partial charge in [-0.3, -0.25) is 0 Å². The fraction of sp³-hybridized carbons (Fsp3) is 0.182. The first-order valence-corrected chi connectivity index (χ1v) is 4.80. The smallest absolute Gasteiger partial charge is 0.222 e. The number of nitrogens with zero attached hydrogens (tertiary/aromatic N) is 1. The number of hydrogen-bond acceptors (Lipinski definition) is 5. The van der Waals surface area contributed by atoms with E-state index in [9.17, 15) is 4.39 Å². The first kappa shape index (κ1) is 11.3. The first-order chi connectivity index (χ1) is 8.17. The molecule has 90 valence electrons. The lowest BCUT2D eigenvalue weighted by Gasteiger charge is -2.09. The molecule has 0 atom stereocenters. The quantitative estimate of drug-likeness (QED) is 0.886. The Hall–Kier alpha value is -2.24. The van der Waals surface area contributed by atoms with E-state index in [0.717, 1.165) is 0 Å². The number of aromatic nitrogens is 1. The van der Waals surface area contributed by atoms with E-state index < -0.39 is 5.82 Å². The predicted octanol–water partition coefficient (Wildman–Crippen LogP) is 2.08. The Morgan fingerprint density at radius 2 is 2.06 bits per heavy atom. The van der Waals surface area contributed by atoms with Gasteiger partial charge in [-0.2, -0.15) is 4.39 Å². The maximum Gasteiger partial charge on any atom is 0.222 e. The van der Waals surface area contributed by atoms with Gasteiger partial charge in [-0.15, -0.1) is 0 Å². The number of methoxy groups -OCH3 is 2. The van der Waals surface area contributed by atoms with Gasteiger partial charge in [-0.1, -0.05) is 5.16 Å². The van der Waals surface area contributed by atoms with Gasteiger partial charge in [0.15, 0.2) is 11.5 Å². The van der Waals surface area contributed by atoms with Gasteiger partial charge in [0.1, 0.15) is 5.69 Å². The molecular weight excluding hydrogens is 227 g/mol. The number of nitrogen functional groups attached to an aromatic ring is 1. The second-order valence-electron chi connectivity index (χ2n) is 3.28. The summed E-state index contributed by atoms with van der Waals surface area (Å²) in [4.78, 5) is 0. The van der Waals surface area contributed by atoms with E-state index in [0.29, 0.717) is 11.3 Å². The Bertz CT molecular complexity index is 540. The van der Waals surface area contributed by atoms with Gasteiger partial charge in [-0.05, 0) is 12.1 Å². The van der Waals surface area contributed by atoms with Gasteiger partial charge in [0, 0.05) is 11.6 Å². The minimum Gasteiger partial charge on any atom is -0.494 e. The topological polar surface area (TPSA) is 70.5 Å². The number of rotatable bonds is 3. The molecule has 2 rings (SSSR count). The SMILES string of the molecule is COc1ccc(-c2cc(N)on2)c(OC)c1F. The zero-order valence-electron chi connectivity index (χ0n) is 9.36. The highest BCUT2D eigenvalue weighted by Gasteiger charge is 2.18. The molecule has 2 N–H and O–H groups in total. The molecule has 0 fully saturated rings. The third-order valence-electron chi connectivity index (χ3n) is 2.29. The van der Waals surface area contributed by atoms with Crippen LogP contribution in [-0.2, 0) is 0 Å². The van der Waals surface area contributed by atoms with Crippen LogP contribution in [0, 0.1) is 5.82 Å². The van der Waals surface area contributed by atoms with Gasteiger partial charge in [0.25, 0.3) is 0 Å². The van der Waals surface area contributed by atoms with Crippen LogP contribution in [0.3, 0.4) is 0 Å². The van der Waals surface area contributed by atoms with E-state index in [1.54, 1.807) is 6.07 Å². The van der Waals surface area contributed by atoms with Crippen LogP contribution < -0.4 is 15.2 Å². The molecule has 1 heterocycles. The van der Waals surface area contributed by atoms with Crippen molar-refractivity contribution in [2.45, 2.75) is 0 Å². The summed E-state index contributed by atoms with van der Waals surface area (Å²) in [6, 6.07) is 4.60. The third kappa shape index (κ3) is 1.89. The summed E-state index contributed by atoms with van der Waals surface area (Å²) in [6.45, 7) is 0. The van der Waals surface area contributed by atoms with Crippen LogP contribution in [0.15, 0.2) is 22.7 Å². The van der Waals surface area contributed by atoms with Crippen LogP contribution in [0.25, 0.3) is 11.3 Å². The molecule has 0 bridgehead atoms. The van der Waals surface area contributed by atoms with E-state index in [1.807, 2.05) is 0 Å². The molecule has 17 heavy (non-hydrogen) atoms. The lowest BCUT2D eigenvalue weighted by molar-refractivity contribution is 0.351. The molecule has 6 heteroatoms. The summed E-state index contributed by atoms with van der Waals surface area (Å²) in [6.07, 6.45) is 0. The van der Waals surface area contributed by atoms with Crippen molar-refractivity contribution in [3.8, 4) is 22.8 Å². The van der Waals surface area contributed by atoms with Gasteiger partial charge in [0.2, 0.25) is 11.7 Å². The summed E-state index contributed by atoms with van der Waals surface area (Å²) in [5.74, 6) is -0.299. The number of benzene rings is 1. The Morgan fingerprint density at radius 1 is 1.29 bits per heavy atom. The van der Waals surface area contributed by atoms with Gasteiger partial charge < -0.3 is 19.7 Å². The molecule has 0 unspecified atom stereocenters. The minimum atomic E-state index is -0.589. The molecule has 1 aromatic heterocycles. The molecule has 0 aliphatic heterocycles. The standard InChI is InChI=1S/C11H11FN2O3/c1-15-8-4-3-6(11(16-2)10(8)12)7-5-9(13)17-14-7/h3-5H,13H2,1-2H3. The van der Waals surface area contributed by atoms with E-state index in [1.165, 1.54) is 26.4 Å². The van der Waals surface area contributed by atoms with Gasteiger partial charge in [-0.25, -0.2) is 0 Å². The highest BCUT2D eigenvalue weighted by molar-refractivity contribution is 5.70. The van der Waals surface area contributed by atoms with E-state index in [4.69, 9.17) is 19.7 Å². The van der Waals surface area contributed by atoms with Crippen molar-refractivity contribution in [2.24, 2.45) is 0 Å². The zero-order valence-corrected chi connectivity index (χ0v) is 9.36. The van der Waals surface area contributed by atoms with Crippen molar-refractivity contribution >= 4 is 5.88 Å². The van der Waals surface area contributed by atoms with Crippen LogP contribution in [0.5, 0.6) is 11.5 Å². The first-order valence-electron chi connectivity index (χ1n) is 4.80. The summed E-state index contributed by atoms with van der Waals surface area (Å²) >= 11 is 0. The van der Waals surface area contributed by atoms with Crippen molar-refractivity contribution in [1.82, 2.24) is 5.16 Å². The molecule has 0 spiro atoms. The van der Waals surface area contributed by atoms with Crippen molar-refractivity contribution in [1.29, 1.82) is 0 Å². The third-order valence-corrected chi connectivity index (χ3v) is 2.29. The fourth-order valence-electron chi connectivity index (χ4n) is 1.51. The average Bonchev–Trinajstić information content (AvgIpc) is 2.75. The molecule has 0 amide bonds. The Labute approximate surface area is 96.9 Å². The lowest BCUT2D eigenvalue weighted by atomic mass is 10.1. The molecule has 0 aliphatic rings.